The van der Waals surface area contributed by atoms with Crippen molar-refractivity contribution in [1.82, 2.24) is 0 Å². The molecule has 2 N–H and O–H groups in total. The number of carbonyl (C=O) groups is 1. The second-order valence-corrected chi connectivity index (χ2v) is 9.91. The van der Waals surface area contributed by atoms with Crippen LogP contribution in [0.15, 0.2) is 78.0 Å². The van der Waals surface area contributed by atoms with Crippen molar-refractivity contribution in [2.24, 2.45) is 0 Å². The molecule has 0 fully saturated rings. The van der Waals surface area contributed by atoms with Crippen LogP contribution in [-0.4, -0.2) is 33.6 Å². The lowest BCUT2D eigenvalue weighted by Gasteiger charge is -2.30. The molecule has 6 nitrogen and oxygen atoms in total. The first-order valence-corrected chi connectivity index (χ1v) is 12.9. The van der Waals surface area contributed by atoms with Gasteiger partial charge in [-0.05, 0) is 66.3 Å². The van der Waals surface area contributed by atoms with Gasteiger partial charge in [-0.15, -0.1) is 0 Å². The number of fused-ring (bicyclic) bond motifs is 1. The van der Waals surface area contributed by atoms with Crippen LogP contribution >= 0.6 is 0 Å². The first-order chi connectivity index (χ1) is 18.0. The quantitative estimate of drug-likeness (QED) is 0.387. The van der Waals surface area contributed by atoms with E-state index >= 15 is 0 Å². The molecule has 3 aromatic rings. The number of carbonyl (C=O) groups excluding carboxylic acids is 1. The number of allylic oxidation sites excluding steroid dienone is 1. The van der Waals surface area contributed by atoms with Gasteiger partial charge in [-0.25, -0.2) is 0 Å². The van der Waals surface area contributed by atoms with Crippen LogP contribution in [0.3, 0.4) is 0 Å². The van der Waals surface area contributed by atoms with Crippen LogP contribution in [0.25, 0.3) is 0 Å². The summed E-state index contributed by atoms with van der Waals surface area (Å²) in [5.74, 6) is 1.67. The lowest BCUT2D eigenvalue weighted by molar-refractivity contribution is -0.116. The Hall–Kier alpha value is -3.93. The summed E-state index contributed by atoms with van der Waals surface area (Å²) in [6.45, 7) is 2.70. The van der Waals surface area contributed by atoms with Crippen molar-refractivity contribution in [2.45, 2.75) is 38.1 Å². The van der Waals surface area contributed by atoms with E-state index < -0.39 is 0 Å². The number of ketones is 1. The molecule has 2 atom stereocenters. The SMILES string of the molecule is CCCOc1ccc(C2Nc3ccccc3NC3=C2C(=O)CC(c2ccc(N(C)C)cc2)C3)cc1OC. The van der Waals surface area contributed by atoms with E-state index in [0.717, 1.165) is 46.7 Å². The monoisotopic (exact) mass is 497 g/mol. The highest BCUT2D eigenvalue weighted by Gasteiger charge is 2.36. The number of nitrogens with one attached hydrogen (secondary N) is 2. The fraction of sp³-hybridized carbons (Fsp3) is 0.323. The Kier molecular flexibility index (Phi) is 7.08. The fourth-order valence-corrected chi connectivity index (χ4v) is 5.22. The number of para-hydroxylation sites is 2. The lowest BCUT2D eigenvalue weighted by Crippen LogP contribution is -2.27. The summed E-state index contributed by atoms with van der Waals surface area (Å²) in [6, 6.07) is 22.3. The first kappa shape index (κ1) is 24.8. The number of hydrogen-bond acceptors (Lipinski definition) is 6. The van der Waals surface area contributed by atoms with Crippen molar-refractivity contribution < 1.29 is 14.3 Å². The Bertz CT molecular complexity index is 1310. The van der Waals surface area contributed by atoms with Gasteiger partial charge in [-0.3, -0.25) is 4.79 Å². The zero-order valence-electron chi connectivity index (χ0n) is 22.0. The van der Waals surface area contributed by atoms with Crippen molar-refractivity contribution in [2.75, 3.05) is 43.3 Å². The average Bonchev–Trinajstić information content (AvgIpc) is 3.09. The molecule has 0 saturated carbocycles. The molecule has 1 heterocycles. The van der Waals surface area contributed by atoms with Crippen LogP contribution in [0.4, 0.5) is 17.1 Å². The number of hydrogen-bond donors (Lipinski definition) is 2. The van der Waals surface area contributed by atoms with Gasteiger partial charge in [0.2, 0.25) is 0 Å². The van der Waals surface area contributed by atoms with Gasteiger partial charge in [0.05, 0.1) is 31.1 Å². The third-order valence-electron chi connectivity index (χ3n) is 7.17. The summed E-state index contributed by atoms with van der Waals surface area (Å²) < 4.78 is 11.5. The van der Waals surface area contributed by atoms with Gasteiger partial charge in [0.1, 0.15) is 0 Å². The van der Waals surface area contributed by atoms with Crippen molar-refractivity contribution in [3.8, 4) is 11.5 Å². The van der Waals surface area contributed by atoms with E-state index in [1.807, 2.05) is 50.5 Å². The second kappa shape index (κ2) is 10.6. The molecule has 3 aromatic carbocycles. The Morgan fingerprint density at radius 2 is 1.65 bits per heavy atom. The Morgan fingerprint density at radius 3 is 2.35 bits per heavy atom. The highest BCUT2D eigenvalue weighted by molar-refractivity contribution is 6.01. The topological polar surface area (TPSA) is 62.8 Å². The predicted octanol–water partition coefficient (Wildman–Crippen LogP) is 6.53. The molecule has 0 amide bonds. The van der Waals surface area contributed by atoms with Gasteiger partial charge >= 0.3 is 0 Å². The Balaban J connectivity index is 1.54. The second-order valence-electron chi connectivity index (χ2n) is 9.91. The molecule has 1 aliphatic carbocycles. The normalized spacial score (nSPS) is 18.6. The van der Waals surface area contributed by atoms with E-state index in [1.54, 1.807) is 7.11 Å². The van der Waals surface area contributed by atoms with Crippen LogP contribution in [0.2, 0.25) is 0 Å². The summed E-state index contributed by atoms with van der Waals surface area (Å²) in [6.07, 6.45) is 2.16. The summed E-state index contributed by atoms with van der Waals surface area (Å²) in [5.41, 5.74) is 7.02. The fourth-order valence-electron chi connectivity index (χ4n) is 5.22. The molecule has 2 unspecified atom stereocenters. The van der Waals surface area contributed by atoms with Gasteiger partial charge in [-0.1, -0.05) is 37.3 Å². The molecular formula is C31H35N3O3. The minimum Gasteiger partial charge on any atom is -0.493 e. The summed E-state index contributed by atoms with van der Waals surface area (Å²) in [7, 11) is 5.72. The third-order valence-corrected chi connectivity index (χ3v) is 7.17. The molecule has 2 aliphatic rings. The molecule has 0 bridgehead atoms. The van der Waals surface area contributed by atoms with E-state index in [1.165, 1.54) is 5.56 Å². The number of methoxy groups -OCH3 is 1. The molecule has 1 aliphatic heterocycles. The minimum absolute atomic E-state index is 0.125. The van der Waals surface area contributed by atoms with Crippen LogP contribution in [-0.2, 0) is 4.79 Å². The molecule has 0 spiro atoms. The van der Waals surface area contributed by atoms with Gasteiger partial charge in [0.25, 0.3) is 0 Å². The summed E-state index contributed by atoms with van der Waals surface area (Å²) in [5, 5.41) is 7.27. The predicted molar refractivity (Wildman–Crippen MR) is 150 cm³/mol. The summed E-state index contributed by atoms with van der Waals surface area (Å²) in [4.78, 5) is 15.9. The maximum absolute atomic E-state index is 13.8. The zero-order chi connectivity index (χ0) is 25.9. The molecule has 192 valence electrons. The van der Waals surface area contributed by atoms with Gasteiger partial charge in [0, 0.05) is 37.5 Å². The number of ether oxygens (including phenoxy) is 2. The molecule has 5 rings (SSSR count). The molecule has 6 heteroatoms. The summed E-state index contributed by atoms with van der Waals surface area (Å²) >= 11 is 0. The van der Waals surface area contributed by atoms with Crippen LogP contribution in [0.5, 0.6) is 11.5 Å². The van der Waals surface area contributed by atoms with E-state index in [0.29, 0.717) is 24.5 Å². The van der Waals surface area contributed by atoms with Gasteiger partial charge in [0.15, 0.2) is 17.3 Å². The molecular weight excluding hydrogens is 462 g/mol. The number of benzene rings is 3. The van der Waals surface area contributed by atoms with Crippen LogP contribution in [0, 0.1) is 0 Å². The van der Waals surface area contributed by atoms with Gasteiger partial charge < -0.3 is 25.0 Å². The average molecular weight is 498 g/mol. The highest BCUT2D eigenvalue weighted by atomic mass is 16.5. The number of nitrogens with zero attached hydrogens (tertiary/aromatic N) is 1. The first-order valence-electron chi connectivity index (χ1n) is 12.9. The number of Topliss-reactive ketones (excluding diaryl/α,β-unsaturated/α-hetero) is 1. The van der Waals surface area contributed by atoms with Crippen molar-refractivity contribution in [3.05, 3.63) is 89.1 Å². The Morgan fingerprint density at radius 1 is 0.919 bits per heavy atom. The van der Waals surface area contributed by atoms with Gasteiger partial charge in [-0.2, -0.15) is 0 Å². The van der Waals surface area contributed by atoms with Crippen molar-refractivity contribution in [1.29, 1.82) is 0 Å². The number of anilines is 3. The van der Waals surface area contributed by atoms with E-state index in [4.69, 9.17) is 9.47 Å². The van der Waals surface area contributed by atoms with E-state index in [9.17, 15) is 4.79 Å². The van der Waals surface area contributed by atoms with Crippen LogP contribution < -0.4 is 25.0 Å². The lowest BCUT2D eigenvalue weighted by atomic mass is 9.78. The van der Waals surface area contributed by atoms with Crippen LogP contribution in [0.1, 0.15) is 49.3 Å². The minimum atomic E-state index is -0.301. The third kappa shape index (κ3) is 5.01. The standard InChI is InChI=1S/C31H35N3O3/c1-5-16-37-28-15-12-21(19-29(28)36-4)31-30-26(32-24-8-6-7-9-25(24)33-31)17-22(18-27(30)35)20-10-13-23(14-11-20)34(2)3/h6-15,19,22,31-33H,5,16-18H2,1-4H3. The van der Waals surface area contributed by atoms with Crippen molar-refractivity contribution >= 4 is 22.8 Å². The smallest absolute Gasteiger partial charge is 0.163 e. The maximum Gasteiger partial charge on any atom is 0.163 e. The largest absolute Gasteiger partial charge is 0.493 e. The van der Waals surface area contributed by atoms with Crippen molar-refractivity contribution in [3.63, 3.8) is 0 Å². The number of rotatable bonds is 7. The molecule has 0 radical (unpaired) electrons. The molecule has 0 saturated heterocycles. The zero-order valence-corrected chi connectivity index (χ0v) is 22.0. The highest BCUT2D eigenvalue weighted by Crippen LogP contribution is 2.45. The van der Waals surface area contributed by atoms with E-state index in [-0.39, 0.29) is 17.7 Å². The Labute approximate surface area is 219 Å². The maximum atomic E-state index is 13.8. The molecule has 0 aromatic heterocycles. The van der Waals surface area contributed by atoms with E-state index in [2.05, 4.69) is 52.8 Å². The molecule has 37 heavy (non-hydrogen) atoms.